The van der Waals surface area contributed by atoms with Gasteiger partial charge < -0.3 is 18.9 Å². The van der Waals surface area contributed by atoms with Crippen LogP contribution in [0.15, 0.2) is 48.5 Å². The number of ether oxygens (including phenoxy) is 4. The molecule has 0 spiro atoms. The minimum atomic E-state index is -0.370. The highest BCUT2D eigenvalue weighted by molar-refractivity contribution is 5.87. The molecule has 0 radical (unpaired) electrons. The summed E-state index contributed by atoms with van der Waals surface area (Å²) in [5.41, 5.74) is 1.95. The number of fused-ring (bicyclic) bond motifs is 1. The molecule has 0 aliphatic carbocycles. The highest BCUT2D eigenvalue weighted by atomic mass is 16.5. The summed E-state index contributed by atoms with van der Waals surface area (Å²) >= 11 is 0. The van der Waals surface area contributed by atoms with Gasteiger partial charge in [0.2, 0.25) is 0 Å². The lowest BCUT2D eigenvalue weighted by atomic mass is 10.1. The molecule has 26 heavy (non-hydrogen) atoms. The lowest BCUT2D eigenvalue weighted by molar-refractivity contribution is -0.137. The van der Waals surface area contributed by atoms with E-state index in [1.54, 1.807) is 13.2 Å². The molecule has 0 bridgehead atoms. The normalized spacial score (nSPS) is 13.3. The minimum absolute atomic E-state index is 0.330. The van der Waals surface area contributed by atoms with Crippen LogP contribution in [0.5, 0.6) is 17.2 Å². The van der Waals surface area contributed by atoms with Gasteiger partial charge in [0.05, 0.1) is 26.9 Å². The maximum Gasteiger partial charge on any atom is 0.330 e. The van der Waals surface area contributed by atoms with Crippen molar-refractivity contribution in [2.45, 2.75) is 12.8 Å². The van der Waals surface area contributed by atoms with Crippen LogP contribution >= 0.6 is 0 Å². The predicted molar refractivity (Wildman–Crippen MR) is 98.7 cm³/mol. The van der Waals surface area contributed by atoms with Crippen molar-refractivity contribution >= 4 is 12.0 Å². The third-order valence-corrected chi connectivity index (χ3v) is 3.98. The smallest absolute Gasteiger partial charge is 0.330 e. The Hall–Kier alpha value is -2.95. The molecule has 0 atom stereocenters. The number of carbonyl (C=O) groups is 1. The predicted octanol–water partition coefficient (Wildman–Crippen LogP) is 3.66. The molecule has 1 heterocycles. The molecule has 0 unspecified atom stereocenters. The summed E-state index contributed by atoms with van der Waals surface area (Å²) in [6.45, 7) is 1.62. The first-order chi connectivity index (χ1) is 12.7. The van der Waals surface area contributed by atoms with Gasteiger partial charge in [0, 0.05) is 18.9 Å². The molecular formula is C21H22O5. The van der Waals surface area contributed by atoms with Crippen LogP contribution in [-0.4, -0.2) is 32.9 Å². The zero-order valence-electron chi connectivity index (χ0n) is 14.8. The van der Waals surface area contributed by atoms with Crippen molar-refractivity contribution in [3.8, 4) is 17.2 Å². The van der Waals surface area contributed by atoms with Gasteiger partial charge in [-0.1, -0.05) is 18.2 Å². The lowest BCUT2D eigenvalue weighted by Gasteiger charge is -2.07. The highest BCUT2D eigenvalue weighted by Gasteiger charge is 2.09. The largest absolute Gasteiger partial charge is 0.497 e. The molecular weight excluding hydrogens is 332 g/mol. The van der Waals surface area contributed by atoms with Crippen LogP contribution in [0, 0.1) is 0 Å². The Kier molecular flexibility index (Phi) is 6.14. The van der Waals surface area contributed by atoms with E-state index in [4.69, 9.17) is 18.9 Å². The van der Waals surface area contributed by atoms with Crippen molar-refractivity contribution < 1.29 is 23.7 Å². The maximum atomic E-state index is 11.9. The molecule has 136 valence electrons. The Morgan fingerprint density at radius 2 is 1.85 bits per heavy atom. The second kappa shape index (κ2) is 8.94. The van der Waals surface area contributed by atoms with Crippen LogP contribution in [-0.2, 0) is 16.0 Å². The number of carbonyl (C=O) groups excluding carboxylic acids is 1. The lowest BCUT2D eigenvalue weighted by Crippen LogP contribution is -2.04. The van der Waals surface area contributed by atoms with E-state index in [0.29, 0.717) is 32.0 Å². The molecule has 3 rings (SSSR count). The van der Waals surface area contributed by atoms with Crippen molar-refractivity contribution in [2.24, 2.45) is 0 Å². The maximum absolute atomic E-state index is 11.9. The average molecular weight is 354 g/mol. The van der Waals surface area contributed by atoms with Gasteiger partial charge in [-0.25, -0.2) is 4.79 Å². The molecule has 0 fully saturated rings. The average Bonchev–Trinajstić information content (AvgIpc) is 2.92. The van der Waals surface area contributed by atoms with Gasteiger partial charge in [-0.15, -0.1) is 0 Å². The Bertz CT molecular complexity index is 764. The Morgan fingerprint density at radius 3 is 2.62 bits per heavy atom. The monoisotopic (exact) mass is 354 g/mol. The van der Waals surface area contributed by atoms with Crippen molar-refractivity contribution in [3.63, 3.8) is 0 Å². The van der Waals surface area contributed by atoms with Crippen LogP contribution in [0.1, 0.15) is 17.5 Å². The van der Waals surface area contributed by atoms with Gasteiger partial charge in [0.25, 0.3) is 0 Å². The summed E-state index contributed by atoms with van der Waals surface area (Å²) in [5, 5.41) is 0. The van der Waals surface area contributed by atoms with Crippen LogP contribution in [0.2, 0.25) is 0 Å². The number of rotatable bonds is 6. The van der Waals surface area contributed by atoms with E-state index >= 15 is 0 Å². The number of methoxy groups -OCH3 is 1. The summed E-state index contributed by atoms with van der Waals surface area (Å²) in [4.78, 5) is 11.9. The van der Waals surface area contributed by atoms with E-state index < -0.39 is 0 Å². The third-order valence-electron chi connectivity index (χ3n) is 3.98. The van der Waals surface area contributed by atoms with E-state index in [9.17, 15) is 4.79 Å². The van der Waals surface area contributed by atoms with E-state index in [1.807, 2.05) is 42.5 Å². The minimum Gasteiger partial charge on any atom is -0.497 e. The second-order valence-corrected chi connectivity index (χ2v) is 5.86. The van der Waals surface area contributed by atoms with E-state index in [2.05, 4.69) is 0 Å². The molecule has 0 amide bonds. The van der Waals surface area contributed by atoms with Gasteiger partial charge in [-0.2, -0.15) is 0 Å². The quantitative estimate of drug-likeness (QED) is 0.585. The highest BCUT2D eigenvalue weighted by Crippen LogP contribution is 2.30. The van der Waals surface area contributed by atoms with Gasteiger partial charge in [0.15, 0.2) is 11.5 Å². The fourth-order valence-corrected chi connectivity index (χ4v) is 2.56. The van der Waals surface area contributed by atoms with Crippen molar-refractivity contribution in [2.75, 3.05) is 26.9 Å². The van der Waals surface area contributed by atoms with Gasteiger partial charge in [-0.3, -0.25) is 0 Å². The standard InChI is InChI=1S/C21H22O5/c1-23-18-7-3-16(4-8-18)11-14-26-21(22)10-6-17-5-9-19-20(15-17)25-13-2-12-24-19/h3-10,15H,2,11-14H2,1H3/b10-6+. The Balaban J connectivity index is 1.48. The number of esters is 1. The number of benzene rings is 2. The topological polar surface area (TPSA) is 54.0 Å². The SMILES string of the molecule is COc1ccc(CCOC(=O)/C=C/c2ccc3c(c2)OCCCO3)cc1. The molecule has 2 aromatic carbocycles. The second-order valence-electron chi connectivity index (χ2n) is 5.86. The molecule has 1 aliphatic heterocycles. The fraction of sp³-hybridized carbons (Fsp3) is 0.286. The molecule has 5 nitrogen and oxygen atoms in total. The van der Waals surface area contributed by atoms with Crippen LogP contribution in [0.4, 0.5) is 0 Å². The van der Waals surface area contributed by atoms with E-state index in [-0.39, 0.29) is 5.97 Å². The van der Waals surface area contributed by atoms with Crippen LogP contribution in [0.25, 0.3) is 6.08 Å². The fourth-order valence-electron chi connectivity index (χ4n) is 2.56. The van der Waals surface area contributed by atoms with Crippen LogP contribution in [0.3, 0.4) is 0 Å². The Labute approximate surface area is 153 Å². The first-order valence-corrected chi connectivity index (χ1v) is 8.62. The first-order valence-electron chi connectivity index (χ1n) is 8.62. The first kappa shape index (κ1) is 17.9. The molecule has 1 aliphatic rings. The van der Waals surface area contributed by atoms with Crippen molar-refractivity contribution in [1.29, 1.82) is 0 Å². The summed E-state index contributed by atoms with van der Waals surface area (Å²) in [7, 11) is 1.63. The summed E-state index contributed by atoms with van der Waals surface area (Å²) in [5.74, 6) is 1.88. The zero-order chi connectivity index (χ0) is 18.2. The van der Waals surface area contributed by atoms with E-state index in [1.165, 1.54) is 6.08 Å². The van der Waals surface area contributed by atoms with Gasteiger partial charge in [-0.05, 0) is 41.5 Å². The van der Waals surface area contributed by atoms with E-state index in [0.717, 1.165) is 29.0 Å². The third kappa shape index (κ3) is 5.02. The molecule has 0 N–H and O–H groups in total. The van der Waals surface area contributed by atoms with Gasteiger partial charge >= 0.3 is 5.97 Å². The summed E-state index contributed by atoms with van der Waals surface area (Å²) in [6, 6.07) is 13.3. The molecule has 0 aromatic heterocycles. The molecule has 0 saturated carbocycles. The molecule has 0 saturated heterocycles. The summed E-state index contributed by atoms with van der Waals surface area (Å²) in [6.07, 6.45) is 4.66. The number of hydrogen-bond acceptors (Lipinski definition) is 5. The molecule has 5 heteroatoms. The zero-order valence-corrected chi connectivity index (χ0v) is 14.8. The van der Waals surface area contributed by atoms with Gasteiger partial charge in [0.1, 0.15) is 5.75 Å². The van der Waals surface area contributed by atoms with Crippen molar-refractivity contribution in [1.82, 2.24) is 0 Å². The number of hydrogen-bond donors (Lipinski definition) is 0. The van der Waals surface area contributed by atoms with Crippen molar-refractivity contribution in [3.05, 3.63) is 59.7 Å². The molecule has 2 aromatic rings. The summed E-state index contributed by atoms with van der Waals surface area (Å²) < 4.78 is 21.6. The Morgan fingerprint density at radius 1 is 1.08 bits per heavy atom. The van der Waals surface area contributed by atoms with Crippen LogP contribution < -0.4 is 14.2 Å².